The summed E-state index contributed by atoms with van der Waals surface area (Å²) in [6.45, 7) is 5.28. The van der Waals surface area contributed by atoms with Crippen molar-refractivity contribution in [3.05, 3.63) is 33.5 Å². The number of likely N-dealkylation sites (tertiary alicyclic amines) is 1. The van der Waals surface area contributed by atoms with Gasteiger partial charge in [-0.2, -0.15) is 5.26 Å². The molecule has 8 nitrogen and oxygen atoms in total. The van der Waals surface area contributed by atoms with Crippen LogP contribution in [0.4, 0.5) is 9.18 Å². The van der Waals surface area contributed by atoms with Crippen molar-refractivity contribution in [2.45, 2.75) is 70.2 Å². The first-order chi connectivity index (χ1) is 15.4. The minimum absolute atomic E-state index is 0.0165. The zero-order valence-corrected chi connectivity index (χ0v) is 20.6. The molecule has 3 rings (SSSR count). The van der Waals surface area contributed by atoms with Gasteiger partial charge in [-0.15, -0.1) is 0 Å². The van der Waals surface area contributed by atoms with Gasteiger partial charge < -0.3 is 14.8 Å². The van der Waals surface area contributed by atoms with Crippen molar-refractivity contribution in [2.75, 3.05) is 7.11 Å². The van der Waals surface area contributed by atoms with Gasteiger partial charge >= 0.3 is 12.1 Å². The van der Waals surface area contributed by atoms with Crippen molar-refractivity contribution in [2.24, 2.45) is 5.92 Å². The summed E-state index contributed by atoms with van der Waals surface area (Å²) in [5.41, 5.74) is -0.505. The summed E-state index contributed by atoms with van der Waals surface area (Å²) in [5.74, 6) is -1.77. The maximum Gasteiger partial charge on any atom is 0.411 e. The van der Waals surface area contributed by atoms with Crippen LogP contribution in [0.3, 0.4) is 0 Å². The van der Waals surface area contributed by atoms with Gasteiger partial charge in [-0.25, -0.2) is 14.0 Å². The standard InChI is InChI=1S/C23H27BrFN3O5/c1-23(2,3)33-22(31)28-15-6-5-12(8-15)19(28)20(29)27-14(11-26)7-13-9-16(21(30)32-4)17(24)10-18(13)25/h9-10,12,14-15,19H,5-8H2,1-4H3,(H,27,29)/t12-,14?,15+,19-/m0/s1. The smallest absolute Gasteiger partial charge is 0.411 e. The molecule has 0 spiro atoms. The number of nitrogens with zero attached hydrogens (tertiary/aromatic N) is 2. The average molecular weight is 524 g/mol. The predicted molar refractivity (Wildman–Crippen MR) is 120 cm³/mol. The molecule has 178 valence electrons. The Morgan fingerprint density at radius 2 is 2.03 bits per heavy atom. The number of hydrogen-bond acceptors (Lipinski definition) is 6. The Morgan fingerprint density at radius 3 is 2.64 bits per heavy atom. The van der Waals surface area contributed by atoms with Crippen LogP contribution in [0, 0.1) is 23.1 Å². The molecule has 2 aliphatic rings. The summed E-state index contributed by atoms with van der Waals surface area (Å²) < 4.78 is 24.9. The monoisotopic (exact) mass is 523 g/mol. The summed E-state index contributed by atoms with van der Waals surface area (Å²) in [6.07, 6.45) is 1.61. The van der Waals surface area contributed by atoms with Gasteiger partial charge in [-0.05, 0) is 79.6 Å². The number of methoxy groups -OCH3 is 1. The molecule has 4 atom stereocenters. The molecule has 33 heavy (non-hydrogen) atoms. The first kappa shape index (κ1) is 25.0. The van der Waals surface area contributed by atoms with E-state index in [9.17, 15) is 24.0 Å². The van der Waals surface area contributed by atoms with Crippen LogP contribution in [-0.2, 0) is 20.7 Å². The van der Waals surface area contributed by atoms with Crippen molar-refractivity contribution in [3.63, 3.8) is 0 Å². The van der Waals surface area contributed by atoms with Crippen molar-refractivity contribution < 1.29 is 28.2 Å². The maximum atomic E-state index is 14.5. The minimum atomic E-state index is -1.06. The molecule has 1 aliphatic heterocycles. The van der Waals surface area contributed by atoms with Crippen LogP contribution in [-0.4, -0.2) is 53.7 Å². The molecular weight excluding hydrogens is 497 g/mol. The molecule has 1 aliphatic carbocycles. The summed E-state index contributed by atoms with van der Waals surface area (Å²) >= 11 is 3.13. The van der Waals surface area contributed by atoms with E-state index in [2.05, 4.69) is 21.2 Å². The van der Waals surface area contributed by atoms with E-state index in [1.165, 1.54) is 18.1 Å². The lowest BCUT2D eigenvalue weighted by molar-refractivity contribution is -0.128. The third kappa shape index (κ3) is 5.46. The molecule has 2 amide bonds. The summed E-state index contributed by atoms with van der Waals surface area (Å²) in [7, 11) is 1.21. The lowest BCUT2D eigenvalue weighted by Crippen LogP contribution is -2.55. The van der Waals surface area contributed by atoms with Crippen LogP contribution >= 0.6 is 15.9 Å². The van der Waals surface area contributed by atoms with E-state index in [4.69, 9.17) is 9.47 Å². The normalized spacial score (nSPS) is 22.5. The number of fused-ring (bicyclic) bond motifs is 2. The van der Waals surface area contributed by atoms with Gasteiger partial charge in [0.2, 0.25) is 5.91 Å². The predicted octanol–water partition coefficient (Wildman–Crippen LogP) is 3.71. The van der Waals surface area contributed by atoms with Crippen LogP contribution in [0.2, 0.25) is 0 Å². The first-order valence-electron chi connectivity index (χ1n) is 10.7. The first-order valence-corrected chi connectivity index (χ1v) is 11.5. The van der Waals surface area contributed by atoms with E-state index in [0.29, 0.717) is 6.42 Å². The van der Waals surface area contributed by atoms with Crippen molar-refractivity contribution in [1.29, 1.82) is 5.26 Å². The van der Waals surface area contributed by atoms with Crippen LogP contribution in [0.5, 0.6) is 0 Å². The number of nitriles is 1. The molecular formula is C23H27BrFN3O5. The largest absolute Gasteiger partial charge is 0.465 e. The molecule has 0 radical (unpaired) electrons. The molecule has 1 saturated carbocycles. The van der Waals surface area contributed by atoms with Gasteiger partial charge in [0, 0.05) is 16.9 Å². The number of benzene rings is 1. The van der Waals surface area contributed by atoms with Gasteiger partial charge in [0.05, 0.1) is 18.7 Å². The van der Waals surface area contributed by atoms with Crippen LogP contribution in [0.15, 0.2) is 16.6 Å². The van der Waals surface area contributed by atoms with E-state index < -0.39 is 41.5 Å². The number of nitrogens with one attached hydrogen (secondary N) is 1. The van der Waals surface area contributed by atoms with E-state index in [0.717, 1.165) is 18.9 Å². The second-order valence-corrected chi connectivity index (χ2v) is 10.2. The number of carbonyl (C=O) groups excluding carboxylic acids is 3. The molecule has 0 aromatic heterocycles. The molecule has 2 bridgehead atoms. The number of piperidine rings is 1. The summed E-state index contributed by atoms with van der Waals surface area (Å²) in [5, 5.41) is 12.3. The van der Waals surface area contributed by atoms with Crippen molar-refractivity contribution in [3.8, 4) is 6.07 Å². The number of halogens is 2. The number of hydrogen-bond donors (Lipinski definition) is 1. The average Bonchev–Trinajstić information content (AvgIpc) is 3.34. The van der Waals surface area contributed by atoms with E-state index in [1.54, 1.807) is 20.8 Å². The lowest BCUT2D eigenvalue weighted by Gasteiger charge is -2.35. The van der Waals surface area contributed by atoms with Crippen LogP contribution in [0.25, 0.3) is 0 Å². The zero-order chi connectivity index (χ0) is 24.5. The topological polar surface area (TPSA) is 109 Å². The Morgan fingerprint density at radius 1 is 1.33 bits per heavy atom. The minimum Gasteiger partial charge on any atom is -0.465 e. The molecule has 1 unspecified atom stereocenters. The van der Waals surface area contributed by atoms with Crippen molar-refractivity contribution >= 4 is 33.9 Å². The fourth-order valence-corrected chi connectivity index (χ4v) is 5.00. The Balaban J connectivity index is 1.76. The van der Waals surface area contributed by atoms with Crippen LogP contribution < -0.4 is 5.32 Å². The Kier molecular flexibility index (Phi) is 7.32. The third-order valence-electron chi connectivity index (χ3n) is 5.90. The number of amides is 2. The molecule has 1 aromatic rings. The summed E-state index contributed by atoms with van der Waals surface area (Å²) in [4.78, 5) is 39.3. The summed E-state index contributed by atoms with van der Waals surface area (Å²) in [6, 6.07) is 2.52. The number of esters is 1. The molecule has 2 fully saturated rings. The zero-order valence-electron chi connectivity index (χ0n) is 19.0. The highest BCUT2D eigenvalue weighted by molar-refractivity contribution is 9.10. The van der Waals surface area contributed by atoms with E-state index >= 15 is 0 Å². The van der Waals surface area contributed by atoms with Gasteiger partial charge in [0.25, 0.3) is 0 Å². The van der Waals surface area contributed by atoms with Crippen molar-refractivity contribution in [1.82, 2.24) is 10.2 Å². The Hall–Kier alpha value is -2.67. The highest BCUT2D eigenvalue weighted by Crippen LogP contribution is 2.43. The van der Waals surface area contributed by atoms with Crippen LogP contribution in [0.1, 0.15) is 56.0 Å². The maximum absolute atomic E-state index is 14.5. The molecule has 1 aromatic carbocycles. The number of rotatable bonds is 5. The lowest BCUT2D eigenvalue weighted by atomic mass is 9.97. The molecule has 10 heteroatoms. The third-order valence-corrected chi connectivity index (χ3v) is 6.55. The SMILES string of the molecule is COC(=O)c1cc(CC(C#N)NC(=O)[C@@H]2[C@H]3CC[C@H](C3)N2C(=O)OC(C)(C)C)c(F)cc1Br. The molecule has 1 heterocycles. The quantitative estimate of drug-likeness (QED) is 0.589. The highest BCUT2D eigenvalue weighted by Gasteiger charge is 2.52. The Labute approximate surface area is 200 Å². The number of carbonyl (C=O) groups is 3. The fraction of sp³-hybridized carbons (Fsp3) is 0.565. The van der Waals surface area contributed by atoms with Gasteiger partial charge in [0.15, 0.2) is 0 Å². The second kappa shape index (κ2) is 9.67. The number of ether oxygens (including phenoxy) is 2. The Bertz CT molecular complexity index is 1000. The fourth-order valence-electron chi connectivity index (χ4n) is 4.53. The van der Waals surface area contributed by atoms with E-state index in [1.807, 2.05) is 6.07 Å². The highest BCUT2D eigenvalue weighted by atomic mass is 79.9. The van der Waals surface area contributed by atoms with Gasteiger partial charge in [-0.1, -0.05) is 0 Å². The van der Waals surface area contributed by atoms with E-state index in [-0.39, 0.29) is 34.0 Å². The van der Waals surface area contributed by atoms with Gasteiger partial charge in [0.1, 0.15) is 23.5 Å². The second-order valence-electron chi connectivity index (χ2n) is 9.37. The van der Waals surface area contributed by atoms with Gasteiger partial charge in [-0.3, -0.25) is 9.69 Å². The molecule has 1 saturated heterocycles. The molecule has 1 N–H and O–H groups in total.